The molecule has 88 valence electrons. The van der Waals surface area contributed by atoms with Crippen molar-refractivity contribution in [1.29, 1.82) is 0 Å². The van der Waals surface area contributed by atoms with Gasteiger partial charge in [0.05, 0.1) is 0 Å². The summed E-state index contributed by atoms with van der Waals surface area (Å²) in [6.45, 7) is 0.369. The third-order valence-corrected chi connectivity index (χ3v) is 2.09. The lowest BCUT2D eigenvalue weighted by atomic mass is 10.5. The van der Waals surface area contributed by atoms with E-state index >= 15 is 0 Å². The summed E-state index contributed by atoms with van der Waals surface area (Å²) in [4.78, 5) is 6.68. The molecular weight excluding hydrogens is 242 g/mol. The second-order valence-electron chi connectivity index (χ2n) is 3.22. The molecule has 2 aromatic rings. The number of nitrogens with two attached hydrogens (primary N) is 1. The van der Waals surface area contributed by atoms with Gasteiger partial charge in [0.15, 0.2) is 11.0 Å². The van der Waals surface area contributed by atoms with Gasteiger partial charge < -0.3 is 5.73 Å². The predicted molar refractivity (Wildman–Crippen MR) is 63.3 cm³/mol. The highest BCUT2D eigenvalue weighted by Crippen LogP contribution is 2.02. The van der Waals surface area contributed by atoms with E-state index in [2.05, 4.69) is 25.6 Å². The maximum absolute atomic E-state index is 5.78. The lowest BCUT2D eigenvalue weighted by molar-refractivity contribution is -0.358. The van der Waals surface area contributed by atoms with Crippen LogP contribution in [-0.2, 0) is 6.54 Å². The van der Waals surface area contributed by atoms with Crippen molar-refractivity contribution in [3.63, 3.8) is 0 Å². The normalized spacial score (nSPS) is 11.5. The van der Waals surface area contributed by atoms with Crippen molar-refractivity contribution in [2.75, 3.05) is 5.43 Å². The van der Waals surface area contributed by atoms with Crippen LogP contribution in [-0.4, -0.2) is 20.6 Å². The van der Waals surface area contributed by atoms with Gasteiger partial charge in [-0.25, -0.2) is 14.6 Å². The number of rotatable bonds is 4. The summed E-state index contributed by atoms with van der Waals surface area (Å²) in [6, 6.07) is 5.32. The van der Waals surface area contributed by atoms with Crippen LogP contribution in [0.5, 0.6) is 0 Å². The van der Waals surface area contributed by atoms with Gasteiger partial charge in [-0.1, -0.05) is 5.10 Å². The summed E-state index contributed by atoms with van der Waals surface area (Å²) < 4.78 is 1.57. The Bertz CT molecular complexity index is 508. The molecule has 0 aliphatic carbocycles. The first-order valence-corrected chi connectivity index (χ1v) is 5.20. The molecule has 0 aromatic carbocycles. The van der Waals surface area contributed by atoms with E-state index in [9.17, 15) is 0 Å². The van der Waals surface area contributed by atoms with Gasteiger partial charge in [-0.15, -0.1) is 5.43 Å². The SMILES string of the molecule is NC(Cn1cncn1)=NNc1cccc(Cl)[nH+]1. The fourth-order valence-corrected chi connectivity index (χ4v) is 1.33. The van der Waals surface area contributed by atoms with Crippen LogP contribution >= 0.6 is 11.6 Å². The van der Waals surface area contributed by atoms with Crippen molar-refractivity contribution >= 4 is 23.3 Å². The second-order valence-corrected chi connectivity index (χ2v) is 3.63. The molecule has 0 fully saturated rings. The fraction of sp³-hybridized carbons (Fsp3) is 0.111. The van der Waals surface area contributed by atoms with Gasteiger partial charge in [0.2, 0.25) is 0 Å². The zero-order valence-corrected chi connectivity index (χ0v) is 9.59. The molecule has 0 atom stereocenters. The van der Waals surface area contributed by atoms with Crippen LogP contribution < -0.4 is 16.1 Å². The van der Waals surface area contributed by atoms with Gasteiger partial charge in [0.1, 0.15) is 19.2 Å². The molecule has 0 saturated carbocycles. The van der Waals surface area contributed by atoms with Crippen LogP contribution in [0.1, 0.15) is 0 Å². The minimum atomic E-state index is 0.369. The van der Waals surface area contributed by atoms with Crippen molar-refractivity contribution in [1.82, 2.24) is 14.8 Å². The highest BCUT2D eigenvalue weighted by atomic mass is 35.5. The molecule has 4 N–H and O–H groups in total. The molecule has 2 rings (SSSR count). The third kappa shape index (κ3) is 3.42. The molecule has 0 aliphatic heterocycles. The standard InChI is InChI=1S/C9H10ClN7/c10-7-2-1-3-9(14-7)16-15-8(11)4-17-6-12-5-13-17/h1-3,5-6H,4H2,(H2,11,15)(H,14,16)/p+1. The topological polar surface area (TPSA) is 95.3 Å². The van der Waals surface area contributed by atoms with E-state index < -0.39 is 0 Å². The van der Waals surface area contributed by atoms with Crippen molar-refractivity contribution < 1.29 is 4.98 Å². The number of nitrogens with zero attached hydrogens (tertiary/aromatic N) is 4. The van der Waals surface area contributed by atoms with Crippen LogP contribution in [0, 0.1) is 0 Å². The summed E-state index contributed by atoms with van der Waals surface area (Å²) in [5.74, 6) is 1.03. The average Bonchev–Trinajstić information content (AvgIpc) is 2.79. The smallest absolute Gasteiger partial charge is 0.298 e. The molecule has 0 saturated heterocycles. The van der Waals surface area contributed by atoms with Crippen molar-refractivity contribution in [3.05, 3.63) is 36.0 Å². The largest absolute Gasteiger partial charge is 0.382 e. The Hall–Kier alpha value is -2.15. The molecule has 0 spiro atoms. The molecule has 17 heavy (non-hydrogen) atoms. The van der Waals surface area contributed by atoms with Crippen LogP contribution in [0.3, 0.4) is 0 Å². The van der Waals surface area contributed by atoms with E-state index in [1.54, 1.807) is 29.2 Å². The molecule has 0 amide bonds. The van der Waals surface area contributed by atoms with Crippen molar-refractivity contribution in [2.24, 2.45) is 10.8 Å². The monoisotopic (exact) mass is 252 g/mol. The van der Waals surface area contributed by atoms with Gasteiger partial charge in [-0.3, -0.25) is 0 Å². The highest BCUT2D eigenvalue weighted by molar-refractivity contribution is 6.28. The first-order chi connectivity index (χ1) is 8.24. The summed E-state index contributed by atoms with van der Waals surface area (Å²) in [5.41, 5.74) is 8.46. The molecule has 0 aliphatic rings. The van der Waals surface area contributed by atoms with Gasteiger partial charge in [0, 0.05) is 6.07 Å². The number of aromatic nitrogens is 4. The Morgan fingerprint density at radius 1 is 1.59 bits per heavy atom. The number of nitrogens with one attached hydrogen (secondary N) is 2. The quantitative estimate of drug-likeness (QED) is 0.350. The highest BCUT2D eigenvalue weighted by Gasteiger charge is 2.02. The fourth-order valence-electron chi connectivity index (χ4n) is 1.15. The maximum atomic E-state index is 5.78. The number of amidine groups is 1. The van der Waals surface area contributed by atoms with E-state index in [4.69, 9.17) is 17.3 Å². The summed E-state index contributed by atoms with van der Waals surface area (Å²) in [6.07, 6.45) is 3.00. The Morgan fingerprint density at radius 3 is 3.18 bits per heavy atom. The number of hydrogen-bond acceptors (Lipinski definition) is 4. The zero-order chi connectivity index (χ0) is 12.1. The summed E-state index contributed by atoms with van der Waals surface area (Å²) in [7, 11) is 0. The van der Waals surface area contributed by atoms with Crippen molar-refractivity contribution in [3.8, 4) is 0 Å². The molecule has 0 unspecified atom stereocenters. The number of halogens is 1. The first kappa shape index (κ1) is 11.3. The summed E-state index contributed by atoms with van der Waals surface area (Å²) in [5, 5.41) is 8.40. The summed E-state index contributed by atoms with van der Waals surface area (Å²) >= 11 is 5.78. The van der Waals surface area contributed by atoms with E-state index in [0.717, 1.165) is 0 Å². The lowest BCUT2D eigenvalue weighted by Crippen LogP contribution is -2.22. The molecule has 2 aromatic heterocycles. The van der Waals surface area contributed by atoms with Gasteiger partial charge >= 0.3 is 0 Å². The number of hydrazone groups is 1. The zero-order valence-electron chi connectivity index (χ0n) is 8.84. The third-order valence-electron chi connectivity index (χ3n) is 1.87. The minimum Gasteiger partial charge on any atom is -0.382 e. The van der Waals surface area contributed by atoms with Crippen LogP contribution in [0.2, 0.25) is 5.15 Å². The predicted octanol–water partition coefficient (Wildman–Crippen LogP) is 0.130. The molecule has 0 bridgehead atoms. The van der Waals surface area contributed by atoms with Gasteiger partial charge in [0.25, 0.3) is 5.82 Å². The average molecular weight is 253 g/mol. The van der Waals surface area contributed by atoms with E-state index in [0.29, 0.717) is 23.4 Å². The Balaban J connectivity index is 1.96. The van der Waals surface area contributed by atoms with Crippen LogP contribution in [0.15, 0.2) is 36.0 Å². The first-order valence-electron chi connectivity index (χ1n) is 4.82. The van der Waals surface area contributed by atoms with Crippen LogP contribution in [0.25, 0.3) is 0 Å². The van der Waals surface area contributed by atoms with Crippen LogP contribution in [0.4, 0.5) is 5.82 Å². The van der Waals surface area contributed by atoms with E-state index in [-0.39, 0.29) is 0 Å². The maximum Gasteiger partial charge on any atom is 0.298 e. The lowest BCUT2D eigenvalue weighted by Gasteiger charge is -1.98. The van der Waals surface area contributed by atoms with E-state index in [1.807, 2.05) is 0 Å². The second kappa shape index (κ2) is 5.26. The molecular formula is C9H11ClN7+. The number of hydrogen-bond donors (Lipinski definition) is 2. The minimum absolute atomic E-state index is 0.369. The molecule has 0 radical (unpaired) electrons. The van der Waals surface area contributed by atoms with Gasteiger partial charge in [-0.2, -0.15) is 5.10 Å². The number of pyridine rings is 1. The molecule has 7 nitrogen and oxygen atoms in total. The Morgan fingerprint density at radius 2 is 2.47 bits per heavy atom. The van der Waals surface area contributed by atoms with Gasteiger partial charge in [-0.05, 0) is 23.7 Å². The Kier molecular flexibility index (Phi) is 3.51. The van der Waals surface area contributed by atoms with E-state index in [1.165, 1.54) is 6.33 Å². The number of anilines is 1. The molecule has 2 heterocycles. The number of H-pyrrole nitrogens is 1. The number of aromatic amines is 1. The molecule has 8 heteroatoms. The Labute approximate surface area is 102 Å². The van der Waals surface area contributed by atoms with Crippen molar-refractivity contribution in [2.45, 2.75) is 6.54 Å².